The van der Waals surface area contributed by atoms with Gasteiger partial charge >= 0.3 is 0 Å². The second-order valence-electron chi connectivity index (χ2n) is 5.35. The van der Waals surface area contributed by atoms with Gasteiger partial charge < -0.3 is 0 Å². The normalized spacial score (nSPS) is 21.0. The van der Waals surface area contributed by atoms with Gasteiger partial charge in [0.1, 0.15) is 0 Å². The maximum atomic E-state index is 5.75. The fourth-order valence-corrected chi connectivity index (χ4v) is 2.77. The highest BCUT2D eigenvalue weighted by atomic mass is 15.2. The van der Waals surface area contributed by atoms with Crippen LogP contribution in [0.15, 0.2) is 36.2 Å². The molecule has 1 aromatic heterocycles. The lowest BCUT2D eigenvalue weighted by molar-refractivity contribution is 0.513. The summed E-state index contributed by atoms with van der Waals surface area (Å²) in [5.74, 6) is 5.75. The molecule has 1 aliphatic rings. The summed E-state index contributed by atoms with van der Waals surface area (Å²) in [4.78, 5) is 4.16. The van der Waals surface area contributed by atoms with Gasteiger partial charge in [0.05, 0.1) is 0 Å². The van der Waals surface area contributed by atoms with Crippen LogP contribution in [0.4, 0.5) is 0 Å². The summed E-state index contributed by atoms with van der Waals surface area (Å²) in [5, 5.41) is 0. The van der Waals surface area contributed by atoms with Crippen LogP contribution in [0.2, 0.25) is 0 Å². The lowest BCUT2D eigenvalue weighted by Gasteiger charge is -2.21. The molecule has 0 saturated carbocycles. The molecule has 19 heavy (non-hydrogen) atoms. The summed E-state index contributed by atoms with van der Waals surface area (Å²) in [6.45, 7) is 0. The van der Waals surface area contributed by atoms with E-state index in [9.17, 15) is 0 Å². The highest BCUT2D eigenvalue weighted by molar-refractivity contribution is 5.14. The van der Waals surface area contributed by atoms with Crippen LogP contribution in [-0.2, 0) is 6.42 Å². The van der Waals surface area contributed by atoms with Crippen molar-refractivity contribution in [2.45, 2.75) is 57.4 Å². The van der Waals surface area contributed by atoms with Crippen molar-refractivity contribution in [1.29, 1.82) is 0 Å². The SMILES string of the molecule is NNC(CCc1cccnc1)/C1=C/CCCCCC1. The monoisotopic (exact) mass is 259 g/mol. The summed E-state index contributed by atoms with van der Waals surface area (Å²) < 4.78 is 0. The maximum Gasteiger partial charge on any atom is 0.0422 e. The molecular formula is C16H25N3. The number of nitrogens with one attached hydrogen (secondary N) is 1. The fourth-order valence-electron chi connectivity index (χ4n) is 2.77. The molecule has 3 nitrogen and oxygen atoms in total. The van der Waals surface area contributed by atoms with Crippen LogP contribution in [-0.4, -0.2) is 11.0 Å². The average Bonchev–Trinajstić information content (AvgIpc) is 2.42. The minimum Gasteiger partial charge on any atom is -0.271 e. The molecular weight excluding hydrogens is 234 g/mol. The van der Waals surface area contributed by atoms with Crippen molar-refractivity contribution < 1.29 is 0 Å². The van der Waals surface area contributed by atoms with Gasteiger partial charge in [0.2, 0.25) is 0 Å². The molecule has 0 saturated heterocycles. The molecule has 1 aromatic rings. The van der Waals surface area contributed by atoms with Crippen molar-refractivity contribution >= 4 is 0 Å². The predicted octanol–water partition coefficient (Wildman–Crippen LogP) is 3.13. The lowest BCUT2D eigenvalue weighted by atomic mass is 9.92. The van der Waals surface area contributed by atoms with Crippen LogP contribution in [0, 0.1) is 0 Å². The molecule has 0 aliphatic heterocycles. The number of aromatic nitrogens is 1. The van der Waals surface area contributed by atoms with E-state index in [0.29, 0.717) is 6.04 Å². The number of nitrogens with two attached hydrogens (primary N) is 1. The zero-order chi connectivity index (χ0) is 13.3. The van der Waals surface area contributed by atoms with Gasteiger partial charge in [0, 0.05) is 18.4 Å². The van der Waals surface area contributed by atoms with Gasteiger partial charge in [-0.05, 0) is 50.2 Å². The van der Waals surface area contributed by atoms with E-state index < -0.39 is 0 Å². The Morgan fingerprint density at radius 1 is 1.26 bits per heavy atom. The minimum atomic E-state index is 0.318. The van der Waals surface area contributed by atoms with E-state index in [2.05, 4.69) is 22.6 Å². The smallest absolute Gasteiger partial charge is 0.0422 e. The number of hydrogen-bond donors (Lipinski definition) is 2. The molecule has 3 heteroatoms. The van der Waals surface area contributed by atoms with Crippen LogP contribution in [0.1, 0.15) is 50.5 Å². The van der Waals surface area contributed by atoms with E-state index in [-0.39, 0.29) is 0 Å². The summed E-state index contributed by atoms with van der Waals surface area (Å²) in [7, 11) is 0. The highest BCUT2D eigenvalue weighted by Gasteiger charge is 2.13. The highest BCUT2D eigenvalue weighted by Crippen LogP contribution is 2.21. The van der Waals surface area contributed by atoms with Crippen LogP contribution in [0.25, 0.3) is 0 Å². The molecule has 0 bridgehead atoms. The summed E-state index contributed by atoms with van der Waals surface area (Å²) >= 11 is 0. The second-order valence-corrected chi connectivity index (χ2v) is 5.35. The van der Waals surface area contributed by atoms with Gasteiger partial charge in [-0.1, -0.05) is 30.6 Å². The average molecular weight is 259 g/mol. The van der Waals surface area contributed by atoms with Crippen LogP contribution < -0.4 is 11.3 Å². The Labute approximate surface area is 116 Å². The fraction of sp³-hybridized carbons (Fsp3) is 0.562. The maximum absolute atomic E-state index is 5.75. The van der Waals surface area contributed by atoms with E-state index >= 15 is 0 Å². The Morgan fingerprint density at radius 3 is 2.95 bits per heavy atom. The quantitative estimate of drug-likeness (QED) is 0.485. The van der Waals surface area contributed by atoms with Crippen molar-refractivity contribution in [2.24, 2.45) is 5.84 Å². The molecule has 1 atom stereocenters. The second kappa shape index (κ2) is 8.08. The zero-order valence-electron chi connectivity index (χ0n) is 11.6. The molecule has 3 N–H and O–H groups in total. The largest absolute Gasteiger partial charge is 0.271 e. The van der Waals surface area contributed by atoms with E-state index in [1.165, 1.54) is 49.7 Å². The predicted molar refractivity (Wildman–Crippen MR) is 79.5 cm³/mol. The molecule has 104 valence electrons. The van der Waals surface area contributed by atoms with Crippen LogP contribution >= 0.6 is 0 Å². The Hall–Kier alpha value is -1.19. The number of pyridine rings is 1. The van der Waals surface area contributed by atoms with Crippen LogP contribution in [0.3, 0.4) is 0 Å². The standard InChI is InChI=1S/C16H25N3/c17-19-16(11-10-14-7-6-12-18-13-14)15-8-4-2-1-3-5-9-15/h6-8,12-13,16,19H,1-5,9-11,17H2/b15-8+. The van der Waals surface area contributed by atoms with Gasteiger partial charge in [-0.25, -0.2) is 0 Å². The topological polar surface area (TPSA) is 50.9 Å². The van der Waals surface area contributed by atoms with Crippen molar-refractivity contribution in [3.05, 3.63) is 41.7 Å². The first kappa shape index (κ1) is 14.2. The third-order valence-corrected chi connectivity index (χ3v) is 3.92. The van der Waals surface area contributed by atoms with E-state index in [1.807, 2.05) is 18.5 Å². The lowest BCUT2D eigenvalue weighted by Crippen LogP contribution is -2.37. The van der Waals surface area contributed by atoms with E-state index in [1.54, 1.807) is 0 Å². The van der Waals surface area contributed by atoms with Crippen molar-refractivity contribution in [3.63, 3.8) is 0 Å². The van der Waals surface area contributed by atoms with E-state index in [4.69, 9.17) is 5.84 Å². The Kier molecular flexibility index (Phi) is 6.05. The molecule has 2 rings (SSSR count). The van der Waals surface area contributed by atoms with Crippen molar-refractivity contribution in [3.8, 4) is 0 Å². The van der Waals surface area contributed by atoms with Gasteiger partial charge in [-0.2, -0.15) is 0 Å². The number of nitrogens with zero attached hydrogens (tertiary/aromatic N) is 1. The van der Waals surface area contributed by atoms with Crippen molar-refractivity contribution in [2.75, 3.05) is 0 Å². The minimum absolute atomic E-state index is 0.318. The Morgan fingerprint density at radius 2 is 2.16 bits per heavy atom. The molecule has 0 amide bonds. The van der Waals surface area contributed by atoms with E-state index in [0.717, 1.165) is 12.8 Å². The Balaban J connectivity index is 1.91. The first-order chi connectivity index (χ1) is 9.40. The number of aryl methyl sites for hydroxylation is 1. The molecule has 0 aromatic carbocycles. The molecule has 1 heterocycles. The molecule has 0 radical (unpaired) electrons. The summed E-state index contributed by atoms with van der Waals surface area (Å²) in [5.41, 5.74) is 5.79. The summed E-state index contributed by atoms with van der Waals surface area (Å²) in [6.07, 6.45) is 16.0. The number of hydrogen-bond acceptors (Lipinski definition) is 3. The molecule has 0 fully saturated rings. The van der Waals surface area contributed by atoms with Gasteiger partial charge in [-0.15, -0.1) is 0 Å². The van der Waals surface area contributed by atoms with Gasteiger partial charge in [0.25, 0.3) is 0 Å². The van der Waals surface area contributed by atoms with Crippen LogP contribution in [0.5, 0.6) is 0 Å². The van der Waals surface area contributed by atoms with Crippen molar-refractivity contribution in [1.82, 2.24) is 10.4 Å². The summed E-state index contributed by atoms with van der Waals surface area (Å²) in [6, 6.07) is 4.45. The van der Waals surface area contributed by atoms with Gasteiger partial charge in [0.15, 0.2) is 0 Å². The number of allylic oxidation sites excluding steroid dienone is 1. The third kappa shape index (κ3) is 4.77. The molecule has 1 unspecified atom stereocenters. The number of rotatable bonds is 5. The molecule has 0 spiro atoms. The first-order valence-electron chi connectivity index (χ1n) is 7.44. The molecule has 1 aliphatic carbocycles. The Bertz CT molecular complexity index is 386. The first-order valence-corrected chi connectivity index (χ1v) is 7.44. The zero-order valence-corrected chi connectivity index (χ0v) is 11.6. The van der Waals surface area contributed by atoms with Gasteiger partial charge in [-0.3, -0.25) is 16.3 Å². The number of hydrazine groups is 1. The third-order valence-electron chi connectivity index (χ3n) is 3.92.